The summed E-state index contributed by atoms with van der Waals surface area (Å²) < 4.78 is 47.0. The van der Waals surface area contributed by atoms with Crippen molar-refractivity contribution in [3.63, 3.8) is 0 Å². The third-order valence-electron chi connectivity index (χ3n) is 0.404. The number of hydrogen-bond acceptors (Lipinski definition) is 1. The SMILES string of the molecule is [CH2]OC(F)C(F)(F)F. The Labute approximate surface area is 43.2 Å². The molecule has 0 spiro atoms. The van der Waals surface area contributed by atoms with Crippen LogP contribution < -0.4 is 0 Å². The summed E-state index contributed by atoms with van der Waals surface area (Å²) in [6.07, 6.45) is -8.20. The minimum atomic E-state index is -4.94. The molecule has 0 aliphatic carbocycles. The summed E-state index contributed by atoms with van der Waals surface area (Å²) in [5, 5.41) is 0. The van der Waals surface area contributed by atoms with E-state index in [1.807, 2.05) is 0 Å². The van der Waals surface area contributed by atoms with Gasteiger partial charge >= 0.3 is 6.18 Å². The normalized spacial score (nSPS) is 16.1. The Balaban J connectivity index is 3.62. The molecule has 0 rings (SSSR count). The molecule has 49 valence electrons. The molecule has 8 heavy (non-hydrogen) atoms. The third kappa shape index (κ3) is 2.11. The van der Waals surface area contributed by atoms with Crippen molar-refractivity contribution < 1.29 is 22.3 Å². The molecule has 0 saturated heterocycles. The summed E-state index contributed by atoms with van der Waals surface area (Å²) in [5.74, 6) is 0. The van der Waals surface area contributed by atoms with Crippen LogP contribution in [-0.2, 0) is 4.74 Å². The van der Waals surface area contributed by atoms with Gasteiger partial charge in [-0.05, 0) is 0 Å². The fourth-order valence-corrected chi connectivity index (χ4v) is 0.0945. The topological polar surface area (TPSA) is 9.23 Å². The van der Waals surface area contributed by atoms with E-state index in [4.69, 9.17) is 0 Å². The van der Waals surface area contributed by atoms with Crippen LogP contribution in [-0.4, -0.2) is 12.5 Å². The van der Waals surface area contributed by atoms with E-state index in [2.05, 4.69) is 11.8 Å². The Morgan fingerprint density at radius 1 is 1.38 bits per heavy atom. The van der Waals surface area contributed by atoms with Gasteiger partial charge in [0.25, 0.3) is 6.36 Å². The minimum absolute atomic E-state index is 2.26. The predicted molar refractivity (Wildman–Crippen MR) is 17.4 cm³/mol. The van der Waals surface area contributed by atoms with Crippen LogP contribution in [0.1, 0.15) is 0 Å². The lowest BCUT2D eigenvalue weighted by Crippen LogP contribution is -2.24. The van der Waals surface area contributed by atoms with Crippen LogP contribution >= 0.6 is 0 Å². The van der Waals surface area contributed by atoms with Crippen molar-refractivity contribution in [2.24, 2.45) is 0 Å². The average Bonchev–Trinajstić information content (AvgIpc) is 1.62. The molecule has 0 aromatic rings. The predicted octanol–water partition coefficient (Wildman–Crippen LogP) is 1.65. The highest BCUT2D eigenvalue weighted by Crippen LogP contribution is 2.22. The fourth-order valence-electron chi connectivity index (χ4n) is 0.0945. The first-order chi connectivity index (χ1) is 3.48. The standard InChI is InChI=1S/C3H3F4O/c1-8-2(4)3(5,6)7/h2H,1H2. The number of ether oxygens (including phenoxy) is 1. The molecule has 0 amide bonds. The van der Waals surface area contributed by atoms with Gasteiger partial charge in [-0.2, -0.15) is 13.2 Å². The zero-order valence-electron chi connectivity index (χ0n) is 3.70. The molecule has 1 nitrogen and oxygen atoms in total. The van der Waals surface area contributed by atoms with Crippen LogP contribution in [0.25, 0.3) is 0 Å². The monoisotopic (exact) mass is 131 g/mol. The largest absolute Gasteiger partial charge is 0.445 e. The van der Waals surface area contributed by atoms with Gasteiger partial charge in [0.05, 0.1) is 7.11 Å². The first-order valence-corrected chi connectivity index (χ1v) is 1.60. The second-order valence-electron chi connectivity index (χ2n) is 1.02. The summed E-state index contributed by atoms with van der Waals surface area (Å²) in [5.41, 5.74) is 0. The average molecular weight is 131 g/mol. The smallest absolute Gasteiger partial charge is 0.339 e. The van der Waals surface area contributed by atoms with Gasteiger partial charge in [-0.3, -0.25) is 0 Å². The summed E-state index contributed by atoms with van der Waals surface area (Å²) in [4.78, 5) is 0. The van der Waals surface area contributed by atoms with E-state index < -0.39 is 12.5 Å². The second-order valence-corrected chi connectivity index (χ2v) is 1.02. The zero-order valence-corrected chi connectivity index (χ0v) is 3.70. The maximum atomic E-state index is 11.2. The lowest BCUT2D eigenvalue weighted by atomic mass is 10.7. The highest BCUT2D eigenvalue weighted by Gasteiger charge is 2.40. The zero-order chi connectivity index (χ0) is 6.78. The van der Waals surface area contributed by atoms with Crippen molar-refractivity contribution >= 4 is 0 Å². The van der Waals surface area contributed by atoms with Crippen LogP contribution in [0.4, 0.5) is 17.6 Å². The molecule has 1 radical (unpaired) electrons. The van der Waals surface area contributed by atoms with E-state index >= 15 is 0 Å². The molecule has 0 heterocycles. The first kappa shape index (κ1) is 7.68. The van der Waals surface area contributed by atoms with E-state index in [-0.39, 0.29) is 0 Å². The molecular weight excluding hydrogens is 128 g/mol. The number of rotatable bonds is 1. The molecule has 5 heteroatoms. The van der Waals surface area contributed by atoms with Crippen LogP contribution in [0.15, 0.2) is 0 Å². The Hall–Kier alpha value is -0.320. The Morgan fingerprint density at radius 3 is 1.75 bits per heavy atom. The van der Waals surface area contributed by atoms with Crippen molar-refractivity contribution in [1.29, 1.82) is 0 Å². The molecule has 0 aromatic carbocycles. The van der Waals surface area contributed by atoms with Gasteiger partial charge < -0.3 is 4.74 Å². The lowest BCUT2D eigenvalue weighted by molar-refractivity contribution is -0.249. The van der Waals surface area contributed by atoms with Crippen LogP contribution in [0.5, 0.6) is 0 Å². The maximum absolute atomic E-state index is 11.2. The fraction of sp³-hybridized carbons (Fsp3) is 0.667. The summed E-state index contributed by atoms with van der Waals surface area (Å²) >= 11 is 0. The second kappa shape index (κ2) is 2.30. The van der Waals surface area contributed by atoms with E-state index in [1.54, 1.807) is 0 Å². The number of alkyl halides is 4. The molecule has 0 N–H and O–H groups in total. The molecule has 1 unspecified atom stereocenters. The Morgan fingerprint density at radius 2 is 1.75 bits per heavy atom. The molecule has 0 fully saturated rings. The van der Waals surface area contributed by atoms with E-state index in [0.29, 0.717) is 0 Å². The van der Waals surface area contributed by atoms with E-state index in [0.717, 1.165) is 0 Å². The van der Waals surface area contributed by atoms with Gasteiger partial charge in [0.2, 0.25) is 0 Å². The molecule has 0 aliphatic rings. The Bertz CT molecular complexity index is 68.2. The molecule has 1 atom stereocenters. The van der Waals surface area contributed by atoms with Crippen molar-refractivity contribution in [2.45, 2.75) is 12.5 Å². The highest BCUT2D eigenvalue weighted by molar-refractivity contribution is 4.52. The maximum Gasteiger partial charge on any atom is 0.445 e. The third-order valence-corrected chi connectivity index (χ3v) is 0.404. The minimum Gasteiger partial charge on any atom is -0.339 e. The first-order valence-electron chi connectivity index (χ1n) is 1.60. The molecule has 0 saturated carbocycles. The lowest BCUT2D eigenvalue weighted by Gasteiger charge is -2.08. The van der Waals surface area contributed by atoms with Gasteiger partial charge in [0.15, 0.2) is 0 Å². The van der Waals surface area contributed by atoms with Gasteiger partial charge in [-0.25, -0.2) is 4.39 Å². The molecule has 0 bridgehead atoms. The summed E-state index contributed by atoms with van der Waals surface area (Å²) in [7, 11) is 2.26. The van der Waals surface area contributed by atoms with Gasteiger partial charge in [0, 0.05) is 0 Å². The van der Waals surface area contributed by atoms with Crippen LogP contribution in [0, 0.1) is 7.11 Å². The van der Waals surface area contributed by atoms with Crippen molar-refractivity contribution in [2.75, 3.05) is 0 Å². The van der Waals surface area contributed by atoms with E-state index in [9.17, 15) is 17.6 Å². The summed E-state index contributed by atoms with van der Waals surface area (Å²) in [6.45, 7) is 0. The quantitative estimate of drug-likeness (QED) is 0.491. The van der Waals surface area contributed by atoms with Gasteiger partial charge in [-0.1, -0.05) is 0 Å². The number of hydrogen-bond donors (Lipinski definition) is 0. The molecule has 0 aromatic heterocycles. The summed E-state index contributed by atoms with van der Waals surface area (Å²) in [6, 6.07) is 0. The Kier molecular flexibility index (Phi) is 2.21. The highest BCUT2D eigenvalue weighted by atomic mass is 19.4. The van der Waals surface area contributed by atoms with Gasteiger partial charge in [0.1, 0.15) is 0 Å². The van der Waals surface area contributed by atoms with Crippen molar-refractivity contribution in [3.8, 4) is 0 Å². The van der Waals surface area contributed by atoms with Gasteiger partial charge in [-0.15, -0.1) is 0 Å². The molecule has 0 aliphatic heterocycles. The molecular formula is C3H3F4O. The number of halogens is 4. The van der Waals surface area contributed by atoms with E-state index in [1.165, 1.54) is 0 Å². The van der Waals surface area contributed by atoms with Crippen molar-refractivity contribution in [1.82, 2.24) is 0 Å². The van der Waals surface area contributed by atoms with Crippen LogP contribution in [0.2, 0.25) is 0 Å². The van der Waals surface area contributed by atoms with Crippen LogP contribution in [0.3, 0.4) is 0 Å². The van der Waals surface area contributed by atoms with Crippen molar-refractivity contribution in [3.05, 3.63) is 7.11 Å².